The summed E-state index contributed by atoms with van der Waals surface area (Å²) < 4.78 is 9.02. The lowest BCUT2D eigenvalue weighted by atomic mass is 9.80. The Morgan fingerprint density at radius 1 is 1.11 bits per heavy atom. The van der Waals surface area contributed by atoms with Crippen molar-refractivity contribution in [2.75, 3.05) is 19.6 Å². The summed E-state index contributed by atoms with van der Waals surface area (Å²) in [6.45, 7) is 1.89. The molecule has 1 aliphatic carbocycles. The number of carbonyl (C=O) groups excluding carboxylic acids is 5. The maximum Gasteiger partial charge on any atom is 0.378 e. The lowest BCUT2D eigenvalue weighted by molar-refractivity contribution is -0.175. The number of benzene rings is 1. The first-order chi connectivity index (χ1) is 22.1. The number of thiazole rings is 1. The molecule has 0 bridgehead atoms. The maximum atomic E-state index is 13.7. The van der Waals surface area contributed by atoms with Gasteiger partial charge in [-0.3, -0.25) is 19.3 Å². The lowest BCUT2D eigenvalue weighted by Crippen LogP contribution is -2.59. The summed E-state index contributed by atoms with van der Waals surface area (Å²) >= 11 is 2.31. The molecule has 4 radical (unpaired) electrons. The average molecular weight is 660 g/mol. The number of hydrazone groups is 1. The van der Waals surface area contributed by atoms with E-state index in [1.54, 1.807) is 12.3 Å². The predicted molar refractivity (Wildman–Crippen MR) is 167 cm³/mol. The Kier molecular flexibility index (Phi) is 8.67. The molecule has 4 heterocycles. The number of rotatable bonds is 11. The van der Waals surface area contributed by atoms with Crippen LogP contribution in [0.1, 0.15) is 41.9 Å². The number of Topliss-reactive ketones (excluding diaryl/α,β-unsaturated/α-hetero) is 1. The van der Waals surface area contributed by atoms with Crippen LogP contribution in [0.15, 0.2) is 46.0 Å². The van der Waals surface area contributed by atoms with Crippen molar-refractivity contribution < 1.29 is 38.1 Å². The molecule has 18 heteroatoms. The smallest absolute Gasteiger partial charge is 0.378 e. The van der Waals surface area contributed by atoms with E-state index in [9.17, 15) is 24.0 Å². The van der Waals surface area contributed by atoms with Crippen LogP contribution in [-0.2, 0) is 33.3 Å². The quantitative estimate of drug-likeness (QED) is 0.149. The summed E-state index contributed by atoms with van der Waals surface area (Å²) in [7, 11) is 10.4. The number of ketones is 1. The van der Waals surface area contributed by atoms with Crippen molar-refractivity contribution in [1.29, 1.82) is 0 Å². The van der Waals surface area contributed by atoms with Crippen LogP contribution in [0.3, 0.4) is 0 Å². The van der Waals surface area contributed by atoms with E-state index in [1.165, 1.54) is 32.4 Å². The van der Waals surface area contributed by atoms with E-state index in [2.05, 4.69) is 24.5 Å². The van der Waals surface area contributed by atoms with E-state index in [-0.39, 0.29) is 43.4 Å². The first-order valence-corrected chi connectivity index (χ1v) is 16.1. The van der Waals surface area contributed by atoms with Crippen molar-refractivity contribution in [2.45, 2.75) is 48.5 Å². The Balaban J connectivity index is 1.20. The van der Waals surface area contributed by atoms with Gasteiger partial charge in [-0.2, -0.15) is 5.10 Å². The summed E-state index contributed by atoms with van der Waals surface area (Å²) in [4.78, 5) is 76.9. The van der Waals surface area contributed by atoms with Gasteiger partial charge >= 0.3 is 34.1 Å². The molecule has 46 heavy (non-hydrogen) atoms. The zero-order valence-corrected chi connectivity index (χ0v) is 26.2. The minimum Gasteiger partial charge on any atom is -0.541 e. The second-order valence-corrected chi connectivity index (χ2v) is 13.6. The zero-order chi connectivity index (χ0) is 32.6. The van der Waals surface area contributed by atoms with Gasteiger partial charge in [0.05, 0.1) is 35.6 Å². The van der Waals surface area contributed by atoms with Crippen molar-refractivity contribution in [2.24, 2.45) is 16.2 Å². The van der Waals surface area contributed by atoms with Gasteiger partial charge in [0.2, 0.25) is 16.4 Å². The number of oxime groups is 1. The van der Waals surface area contributed by atoms with Gasteiger partial charge in [0.15, 0.2) is 11.5 Å². The molecule has 1 aromatic heterocycles. The van der Waals surface area contributed by atoms with Crippen LogP contribution in [0.25, 0.3) is 0 Å². The summed E-state index contributed by atoms with van der Waals surface area (Å²) in [6.07, 6.45) is 2.53. The van der Waals surface area contributed by atoms with E-state index in [0.29, 0.717) is 24.3 Å². The number of aromatic nitrogens is 1. The maximum absolute atomic E-state index is 13.7. The van der Waals surface area contributed by atoms with Gasteiger partial charge in [-0.05, 0) is 18.9 Å². The predicted octanol–water partition coefficient (Wildman–Crippen LogP) is 1.31. The molecule has 4 fully saturated rings. The van der Waals surface area contributed by atoms with E-state index >= 15 is 0 Å². The van der Waals surface area contributed by atoms with Crippen molar-refractivity contribution in [1.82, 2.24) is 19.8 Å². The monoisotopic (exact) mass is 660 g/mol. The fourth-order valence-electron chi connectivity index (χ4n) is 5.75. The molecule has 1 saturated carbocycles. The van der Waals surface area contributed by atoms with Crippen molar-refractivity contribution in [3.05, 3.63) is 52.0 Å². The molecular weight excluding hydrogens is 634 g/mol. The number of hydrogen-bond acceptors (Lipinski definition) is 13. The van der Waals surface area contributed by atoms with Crippen LogP contribution in [0.2, 0.25) is 0 Å². The van der Waals surface area contributed by atoms with E-state index in [1.807, 2.05) is 30.3 Å². The Bertz CT molecular complexity index is 1640. The molecule has 3 amide bonds. The Hall–Kier alpha value is -4.18. The molecule has 1 unspecified atom stereocenters. The van der Waals surface area contributed by atoms with Gasteiger partial charge in [-0.25, -0.2) is 19.6 Å². The number of aryl methyl sites for hydroxylation is 1. The van der Waals surface area contributed by atoms with Gasteiger partial charge in [0, 0.05) is 31.2 Å². The number of fused-ring (bicyclic) bond motifs is 1. The van der Waals surface area contributed by atoms with Crippen LogP contribution < -0.4 is 0 Å². The summed E-state index contributed by atoms with van der Waals surface area (Å²) in [5.41, 5.74) is -0.556. The van der Waals surface area contributed by atoms with Gasteiger partial charge < -0.3 is 19.0 Å². The van der Waals surface area contributed by atoms with Crippen LogP contribution in [0.4, 0.5) is 4.79 Å². The summed E-state index contributed by atoms with van der Waals surface area (Å²) in [6, 6.07) is 8.64. The topological polar surface area (TPSA) is 160 Å². The van der Waals surface area contributed by atoms with Gasteiger partial charge in [-0.1, -0.05) is 47.2 Å². The summed E-state index contributed by atoms with van der Waals surface area (Å²) in [5.74, 6) is -3.51. The highest BCUT2D eigenvalue weighted by atomic mass is 32.2. The first kappa shape index (κ1) is 31.8. The average Bonchev–Trinajstić information content (AvgIpc) is 3.75. The SMILES string of the molecule is [B]OC(=O)C1(O/N=C(\C(=O)CC2C(=O)N3C[C@@](C(=O)O[B])(N4CCN(/N=C/c5ccccc5)C4=O)S[C@H]23)c2csc(C)n2)CCC1. The fraction of sp³-hybridized carbons (Fsp3) is 0.429. The second-order valence-electron chi connectivity index (χ2n) is 11.1. The van der Waals surface area contributed by atoms with Crippen molar-refractivity contribution in [3.8, 4) is 0 Å². The van der Waals surface area contributed by atoms with Crippen LogP contribution in [-0.4, -0.2) is 113 Å². The molecule has 234 valence electrons. The third-order valence-electron chi connectivity index (χ3n) is 8.43. The van der Waals surface area contributed by atoms with E-state index < -0.39 is 45.5 Å². The zero-order valence-electron chi connectivity index (χ0n) is 24.6. The highest BCUT2D eigenvalue weighted by molar-refractivity contribution is 8.02. The van der Waals surface area contributed by atoms with Gasteiger partial charge in [0.1, 0.15) is 5.69 Å². The molecule has 6 rings (SSSR count). The molecule has 3 saturated heterocycles. The normalized spacial score (nSPS) is 25.2. The standard InChI is InChI=1S/C28H26B2N6O8S2/c1-16-32-19(14-45-16)21(33-44-27(8-5-9-27)24(39)42-29)20(37)12-18-22(38)34-15-28(25(40)43-30,46-23(18)34)35-10-11-36(26(35)41)31-13-17-6-3-2-4-7-17/h2-4,6-7,13-14,18,23H,5,8-12,15H2,1H3/b31-13+,33-21-/t18?,23-,28-/m1/s1. The highest BCUT2D eigenvalue weighted by Gasteiger charge is 2.66. The summed E-state index contributed by atoms with van der Waals surface area (Å²) in [5, 5.41) is 11.2. The highest BCUT2D eigenvalue weighted by Crippen LogP contribution is 2.53. The van der Waals surface area contributed by atoms with Gasteiger partial charge in [0.25, 0.3) is 0 Å². The molecule has 2 aromatic rings. The molecule has 4 aliphatic rings. The molecule has 3 aliphatic heterocycles. The number of β-lactam (4-membered cyclic amide) rings is 1. The molecule has 14 nitrogen and oxygen atoms in total. The Labute approximate surface area is 274 Å². The van der Waals surface area contributed by atoms with Crippen LogP contribution in [0.5, 0.6) is 0 Å². The first-order valence-electron chi connectivity index (χ1n) is 14.3. The van der Waals surface area contributed by atoms with Gasteiger partial charge in [-0.15, -0.1) is 11.3 Å². The molecule has 1 aromatic carbocycles. The number of carbonyl (C=O) groups is 5. The molecule has 0 N–H and O–H groups in total. The number of urea groups is 1. The fourth-order valence-corrected chi connectivity index (χ4v) is 8.09. The molecule has 3 atom stereocenters. The number of hydrogen-bond donors (Lipinski definition) is 0. The Morgan fingerprint density at radius 2 is 1.85 bits per heavy atom. The largest absolute Gasteiger partial charge is 0.541 e. The number of amides is 3. The molecular formula is C28H26B2N6O8S2. The van der Waals surface area contributed by atoms with Crippen LogP contribution >= 0.6 is 23.1 Å². The van der Waals surface area contributed by atoms with E-state index in [4.69, 9.17) is 20.9 Å². The van der Waals surface area contributed by atoms with Crippen LogP contribution in [0, 0.1) is 12.8 Å². The third-order valence-corrected chi connectivity index (χ3v) is 10.9. The van der Waals surface area contributed by atoms with E-state index in [0.717, 1.165) is 17.3 Å². The minimum absolute atomic E-state index is 0.121. The Morgan fingerprint density at radius 3 is 2.48 bits per heavy atom. The van der Waals surface area contributed by atoms with Crippen molar-refractivity contribution in [3.63, 3.8) is 0 Å². The second kappa shape index (κ2) is 12.5. The minimum atomic E-state index is -1.65. The van der Waals surface area contributed by atoms with Crippen molar-refractivity contribution >= 4 is 80.8 Å². The lowest BCUT2D eigenvalue weighted by Gasteiger charge is -2.41. The third kappa shape index (κ3) is 5.46. The number of thioether (sulfide) groups is 1. The molecule has 0 spiro atoms. The number of nitrogens with zero attached hydrogens (tertiary/aromatic N) is 6.